The largest absolute Gasteiger partial charge is 0.285 e. The number of thiol groups is 1. The van der Waals surface area contributed by atoms with E-state index >= 15 is 0 Å². The zero-order valence-corrected chi connectivity index (χ0v) is 12.9. The fraction of sp³-hybridized carbons (Fsp3) is 1.00. The van der Waals surface area contributed by atoms with Crippen molar-refractivity contribution in [1.82, 2.24) is 0 Å². The SMILES string of the molecule is CCCCCCCCCC(C)(C)[SH](C)(C)=O. The van der Waals surface area contributed by atoms with Crippen LogP contribution in [0.25, 0.3) is 0 Å². The van der Waals surface area contributed by atoms with Crippen molar-refractivity contribution in [2.24, 2.45) is 0 Å². The molecule has 1 nitrogen and oxygen atoms in total. The summed E-state index contributed by atoms with van der Waals surface area (Å²) in [6.07, 6.45) is 14.3. The second-order valence-electron chi connectivity index (χ2n) is 6.03. The van der Waals surface area contributed by atoms with Crippen molar-refractivity contribution in [3.63, 3.8) is 0 Å². The van der Waals surface area contributed by atoms with Crippen LogP contribution in [0, 0.1) is 0 Å². The topological polar surface area (TPSA) is 17.1 Å². The fourth-order valence-corrected chi connectivity index (χ4v) is 2.48. The smallest absolute Gasteiger partial charge is 0.0177 e. The minimum atomic E-state index is -1.93. The van der Waals surface area contributed by atoms with Crippen LogP contribution in [-0.4, -0.2) is 21.5 Å². The maximum atomic E-state index is 12.0. The quantitative estimate of drug-likeness (QED) is 0.478. The molecule has 16 heavy (non-hydrogen) atoms. The monoisotopic (exact) mass is 248 g/mol. The van der Waals surface area contributed by atoms with Crippen LogP contribution in [-0.2, 0) is 9.93 Å². The van der Waals surface area contributed by atoms with Gasteiger partial charge < -0.3 is 0 Å². The summed E-state index contributed by atoms with van der Waals surface area (Å²) in [5.74, 6) is 0. The van der Waals surface area contributed by atoms with Crippen LogP contribution in [0.15, 0.2) is 0 Å². The third-order valence-corrected chi connectivity index (χ3v) is 6.99. The first kappa shape index (κ1) is 16.1. The summed E-state index contributed by atoms with van der Waals surface area (Å²) in [6.45, 7) is 6.57. The van der Waals surface area contributed by atoms with Crippen LogP contribution in [0.5, 0.6) is 0 Å². The molecule has 0 aliphatic heterocycles. The molecular formula is C14H32OS. The zero-order chi connectivity index (χ0) is 12.7. The molecule has 2 heteroatoms. The summed E-state index contributed by atoms with van der Waals surface area (Å²) in [6, 6.07) is 0. The lowest BCUT2D eigenvalue weighted by atomic mass is 10.0. The van der Waals surface area contributed by atoms with E-state index in [9.17, 15) is 4.21 Å². The molecule has 0 rings (SSSR count). The Morgan fingerprint density at radius 2 is 1.31 bits per heavy atom. The predicted octanol–water partition coefficient (Wildman–Crippen LogP) is 4.18. The summed E-state index contributed by atoms with van der Waals surface area (Å²) >= 11 is 0. The van der Waals surface area contributed by atoms with Gasteiger partial charge in [-0.3, -0.25) is 4.21 Å². The Balaban J connectivity index is 3.55. The molecule has 0 aliphatic carbocycles. The van der Waals surface area contributed by atoms with Gasteiger partial charge in [-0.05, 0) is 18.9 Å². The maximum Gasteiger partial charge on any atom is 0.0177 e. The van der Waals surface area contributed by atoms with Crippen LogP contribution in [0.2, 0.25) is 0 Å². The summed E-state index contributed by atoms with van der Waals surface area (Å²) in [7, 11) is -1.93. The van der Waals surface area contributed by atoms with Crippen LogP contribution in [0.3, 0.4) is 0 Å². The van der Waals surface area contributed by atoms with Gasteiger partial charge in [0.15, 0.2) is 0 Å². The molecule has 0 amide bonds. The highest BCUT2D eigenvalue weighted by molar-refractivity contribution is 8.02. The molecule has 0 aliphatic rings. The van der Waals surface area contributed by atoms with Crippen molar-refractivity contribution in [2.45, 2.75) is 76.9 Å². The summed E-state index contributed by atoms with van der Waals surface area (Å²) < 4.78 is 12.1. The molecule has 0 saturated heterocycles. The Morgan fingerprint density at radius 3 is 1.75 bits per heavy atom. The summed E-state index contributed by atoms with van der Waals surface area (Å²) in [4.78, 5) is 0. The predicted molar refractivity (Wildman–Crippen MR) is 78.1 cm³/mol. The van der Waals surface area contributed by atoms with Crippen molar-refractivity contribution in [2.75, 3.05) is 12.5 Å². The van der Waals surface area contributed by atoms with Gasteiger partial charge in [-0.1, -0.05) is 65.7 Å². The van der Waals surface area contributed by atoms with Crippen molar-refractivity contribution in [3.8, 4) is 0 Å². The van der Waals surface area contributed by atoms with E-state index in [0.29, 0.717) is 0 Å². The highest BCUT2D eigenvalue weighted by Crippen LogP contribution is 2.26. The van der Waals surface area contributed by atoms with E-state index in [1.165, 1.54) is 44.9 Å². The van der Waals surface area contributed by atoms with E-state index in [1.54, 1.807) is 0 Å². The minimum absolute atomic E-state index is 0.0381. The molecule has 0 saturated carbocycles. The average Bonchev–Trinajstić information content (AvgIpc) is 2.14. The van der Waals surface area contributed by atoms with Crippen LogP contribution in [0.4, 0.5) is 0 Å². The molecule has 0 atom stereocenters. The number of hydrogen-bond acceptors (Lipinski definition) is 1. The number of unbranched alkanes of at least 4 members (excludes halogenated alkanes) is 6. The highest BCUT2D eigenvalue weighted by Gasteiger charge is 2.26. The van der Waals surface area contributed by atoms with Gasteiger partial charge in [0.25, 0.3) is 0 Å². The molecule has 100 valence electrons. The van der Waals surface area contributed by atoms with Crippen LogP contribution < -0.4 is 0 Å². The Kier molecular flexibility index (Phi) is 7.54. The lowest BCUT2D eigenvalue weighted by molar-refractivity contribution is 0.520. The first-order valence-corrected chi connectivity index (χ1v) is 9.46. The summed E-state index contributed by atoms with van der Waals surface area (Å²) in [5, 5.41) is 0. The normalized spacial score (nSPS) is 14.1. The molecule has 0 fully saturated rings. The molecule has 0 radical (unpaired) electrons. The average molecular weight is 248 g/mol. The van der Waals surface area contributed by atoms with E-state index in [0.717, 1.165) is 6.42 Å². The molecule has 0 spiro atoms. The van der Waals surface area contributed by atoms with Crippen LogP contribution >= 0.6 is 0 Å². The van der Waals surface area contributed by atoms with Gasteiger partial charge in [0.1, 0.15) is 0 Å². The van der Waals surface area contributed by atoms with E-state index in [1.807, 2.05) is 12.5 Å². The highest BCUT2D eigenvalue weighted by atomic mass is 32.2. The first-order chi connectivity index (χ1) is 7.31. The van der Waals surface area contributed by atoms with Gasteiger partial charge in [0.2, 0.25) is 0 Å². The van der Waals surface area contributed by atoms with Crippen molar-refractivity contribution < 1.29 is 4.21 Å². The third-order valence-electron chi connectivity index (χ3n) is 3.85. The van der Waals surface area contributed by atoms with Crippen molar-refractivity contribution >= 4 is 9.93 Å². The molecule has 0 bridgehead atoms. The second-order valence-corrected chi connectivity index (χ2v) is 9.95. The van der Waals surface area contributed by atoms with E-state index < -0.39 is 9.93 Å². The molecule has 0 aromatic heterocycles. The summed E-state index contributed by atoms with van der Waals surface area (Å²) in [5.41, 5.74) is 0. The van der Waals surface area contributed by atoms with Gasteiger partial charge in [0.05, 0.1) is 0 Å². The van der Waals surface area contributed by atoms with Crippen molar-refractivity contribution in [3.05, 3.63) is 0 Å². The maximum absolute atomic E-state index is 12.0. The van der Waals surface area contributed by atoms with Crippen LogP contribution in [0.1, 0.15) is 72.1 Å². The Morgan fingerprint density at radius 1 is 0.875 bits per heavy atom. The van der Waals surface area contributed by atoms with Gasteiger partial charge in [-0.2, -0.15) is 0 Å². The standard InChI is InChI=1S/C14H32OS/c1-6-7-8-9-10-11-12-13-14(2,3)16(4,5)15/h16H,6-13H2,1-5H3. The van der Waals surface area contributed by atoms with E-state index in [2.05, 4.69) is 20.8 Å². The lowest BCUT2D eigenvalue weighted by Crippen LogP contribution is -2.35. The number of hydrogen-bond donors (Lipinski definition) is 1. The molecule has 0 unspecified atom stereocenters. The first-order valence-electron chi connectivity index (χ1n) is 6.86. The van der Waals surface area contributed by atoms with E-state index in [-0.39, 0.29) is 4.75 Å². The Hall–Kier alpha value is 0.150. The third kappa shape index (κ3) is 6.67. The molecule has 0 N–H and O–H groups in total. The Bertz CT molecular complexity index is 215. The molecule has 0 aromatic rings. The van der Waals surface area contributed by atoms with E-state index in [4.69, 9.17) is 0 Å². The Labute approximate surface area is 104 Å². The zero-order valence-electron chi connectivity index (χ0n) is 12.0. The minimum Gasteiger partial charge on any atom is -0.285 e. The lowest BCUT2D eigenvalue weighted by Gasteiger charge is -2.33. The molecule has 0 aromatic carbocycles. The second kappa shape index (κ2) is 7.47. The van der Waals surface area contributed by atoms with Gasteiger partial charge in [0, 0.05) is 4.75 Å². The van der Waals surface area contributed by atoms with Crippen molar-refractivity contribution in [1.29, 1.82) is 0 Å². The number of rotatable bonds is 9. The van der Waals surface area contributed by atoms with Gasteiger partial charge in [-0.15, -0.1) is 9.93 Å². The van der Waals surface area contributed by atoms with Gasteiger partial charge in [-0.25, -0.2) is 0 Å². The molecular weight excluding hydrogens is 216 g/mol. The fourth-order valence-electron chi connectivity index (χ4n) is 1.78. The molecule has 0 heterocycles. The van der Waals surface area contributed by atoms with Gasteiger partial charge >= 0.3 is 0 Å².